The first-order valence-corrected chi connectivity index (χ1v) is 4.27. The lowest BCUT2D eigenvalue weighted by Crippen LogP contribution is -2.43. The molecule has 1 fully saturated rings. The second-order valence-corrected chi connectivity index (χ2v) is 3.03. The van der Waals surface area contributed by atoms with Crippen LogP contribution in [0.15, 0.2) is 0 Å². The number of piperidine rings is 1. The molecule has 0 aromatic heterocycles. The van der Waals surface area contributed by atoms with Gasteiger partial charge in [-0.15, -0.1) is 0 Å². The van der Waals surface area contributed by atoms with E-state index in [1.54, 1.807) is 0 Å². The van der Waals surface area contributed by atoms with Crippen molar-refractivity contribution in [2.75, 3.05) is 6.54 Å². The number of rotatable bonds is 2. The molecule has 0 bridgehead atoms. The Hall–Kier alpha value is -1.10. The highest BCUT2D eigenvalue weighted by atomic mass is 16.6. The Balaban J connectivity index is 2.43. The van der Waals surface area contributed by atoms with Crippen LogP contribution in [0.25, 0.3) is 0 Å². The van der Waals surface area contributed by atoms with Crippen LogP contribution in [-0.4, -0.2) is 35.7 Å². The minimum Gasteiger partial charge on any atom is -0.450 e. The van der Waals surface area contributed by atoms with Gasteiger partial charge in [-0.2, -0.15) is 0 Å². The van der Waals surface area contributed by atoms with E-state index >= 15 is 0 Å². The second kappa shape index (κ2) is 4.23. The van der Waals surface area contributed by atoms with Gasteiger partial charge >= 0.3 is 5.97 Å². The summed E-state index contributed by atoms with van der Waals surface area (Å²) >= 11 is 0. The van der Waals surface area contributed by atoms with Crippen molar-refractivity contribution in [1.82, 2.24) is 5.32 Å². The van der Waals surface area contributed by atoms with Gasteiger partial charge in [-0.25, -0.2) is 4.79 Å². The summed E-state index contributed by atoms with van der Waals surface area (Å²) in [4.78, 5) is 22.0. The summed E-state index contributed by atoms with van der Waals surface area (Å²) in [6, 6.07) is 0. The van der Waals surface area contributed by atoms with Crippen molar-refractivity contribution in [3.63, 3.8) is 0 Å². The highest BCUT2D eigenvalue weighted by Crippen LogP contribution is 2.08. The Labute approximate surface area is 76.1 Å². The molecule has 0 aliphatic carbocycles. The molecule has 1 aliphatic heterocycles. The third-order valence-corrected chi connectivity index (χ3v) is 1.83. The minimum atomic E-state index is -1.17. The number of aliphatic hydroxyl groups is 1. The Kier molecular flexibility index (Phi) is 3.25. The van der Waals surface area contributed by atoms with Crippen LogP contribution >= 0.6 is 0 Å². The molecule has 0 spiro atoms. The maximum Gasteiger partial charge on any atom is 0.335 e. The van der Waals surface area contributed by atoms with E-state index in [1.165, 1.54) is 6.92 Å². The Morgan fingerprint density at radius 1 is 1.77 bits per heavy atom. The molecular weight excluding hydrogens is 174 g/mol. The standard InChI is InChI=1S/C8H13NO4/c1-5(10)8(12)13-6-3-2-4-9-7(6)11/h5-6,10H,2-4H2,1H3,(H,9,11)/t5-,6?/m0/s1. The van der Waals surface area contributed by atoms with E-state index in [2.05, 4.69) is 5.32 Å². The molecule has 74 valence electrons. The van der Waals surface area contributed by atoms with E-state index in [4.69, 9.17) is 9.84 Å². The molecule has 0 saturated carbocycles. The normalized spacial score (nSPS) is 24.8. The van der Waals surface area contributed by atoms with Crippen LogP contribution in [0.4, 0.5) is 0 Å². The number of amides is 1. The molecule has 1 unspecified atom stereocenters. The maximum absolute atomic E-state index is 11.1. The molecular formula is C8H13NO4. The number of ether oxygens (including phenoxy) is 1. The van der Waals surface area contributed by atoms with Gasteiger partial charge in [0.1, 0.15) is 6.10 Å². The van der Waals surface area contributed by atoms with Crippen LogP contribution in [0.5, 0.6) is 0 Å². The van der Waals surface area contributed by atoms with E-state index in [1.807, 2.05) is 0 Å². The summed E-state index contributed by atoms with van der Waals surface area (Å²) in [6.07, 6.45) is -0.570. The second-order valence-electron chi connectivity index (χ2n) is 3.03. The summed E-state index contributed by atoms with van der Waals surface area (Å²) in [5.41, 5.74) is 0. The zero-order valence-electron chi connectivity index (χ0n) is 7.45. The van der Waals surface area contributed by atoms with Crippen molar-refractivity contribution in [3.05, 3.63) is 0 Å². The van der Waals surface area contributed by atoms with Crippen LogP contribution in [0.3, 0.4) is 0 Å². The number of hydrogen-bond acceptors (Lipinski definition) is 4. The van der Waals surface area contributed by atoms with Gasteiger partial charge in [-0.1, -0.05) is 0 Å². The summed E-state index contributed by atoms with van der Waals surface area (Å²) in [5.74, 6) is -1.03. The van der Waals surface area contributed by atoms with Gasteiger partial charge in [0, 0.05) is 6.54 Å². The number of carbonyl (C=O) groups excluding carboxylic acids is 2. The van der Waals surface area contributed by atoms with E-state index in [-0.39, 0.29) is 5.91 Å². The fourth-order valence-electron chi connectivity index (χ4n) is 1.10. The molecule has 0 aromatic rings. The number of esters is 1. The van der Waals surface area contributed by atoms with Crippen LogP contribution in [0.2, 0.25) is 0 Å². The smallest absolute Gasteiger partial charge is 0.335 e. The molecule has 1 saturated heterocycles. The first-order chi connectivity index (χ1) is 6.11. The molecule has 1 heterocycles. The maximum atomic E-state index is 11.1. The van der Waals surface area contributed by atoms with Gasteiger partial charge in [0.2, 0.25) is 0 Å². The molecule has 1 rings (SSSR count). The predicted molar refractivity (Wildman–Crippen MR) is 43.8 cm³/mol. The van der Waals surface area contributed by atoms with Gasteiger partial charge in [0.15, 0.2) is 6.10 Å². The number of nitrogens with one attached hydrogen (secondary N) is 1. The summed E-state index contributed by atoms with van der Waals surface area (Å²) in [5, 5.41) is 11.4. The third-order valence-electron chi connectivity index (χ3n) is 1.83. The van der Waals surface area contributed by atoms with Crippen molar-refractivity contribution < 1.29 is 19.4 Å². The number of aliphatic hydroxyl groups excluding tert-OH is 1. The van der Waals surface area contributed by atoms with Crippen molar-refractivity contribution in [2.24, 2.45) is 0 Å². The molecule has 5 nitrogen and oxygen atoms in total. The summed E-state index contributed by atoms with van der Waals surface area (Å²) in [6.45, 7) is 1.94. The fourth-order valence-corrected chi connectivity index (χ4v) is 1.10. The first kappa shape index (κ1) is 9.98. The zero-order valence-corrected chi connectivity index (χ0v) is 7.45. The third kappa shape index (κ3) is 2.69. The van der Waals surface area contributed by atoms with Gasteiger partial charge < -0.3 is 15.2 Å². The van der Waals surface area contributed by atoms with E-state index < -0.39 is 18.2 Å². The molecule has 5 heteroatoms. The van der Waals surface area contributed by atoms with Crippen LogP contribution in [0.1, 0.15) is 19.8 Å². The summed E-state index contributed by atoms with van der Waals surface area (Å²) in [7, 11) is 0. The number of hydrogen-bond donors (Lipinski definition) is 2. The van der Waals surface area contributed by atoms with Gasteiger partial charge in [-0.3, -0.25) is 4.79 Å². The van der Waals surface area contributed by atoms with Crippen molar-refractivity contribution >= 4 is 11.9 Å². The Bertz CT molecular complexity index is 214. The molecule has 0 radical (unpaired) electrons. The van der Waals surface area contributed by atoms with Crippen molar-refractivity contribution in [2.45, 2.75) is 32.0 Å². The van der Waals surface area contributed by atoms with E-state index in [0.29, 0.717) is 13.0 Å². The molecule has 2 atom stereocenters. The lowest BCUT2D eigenvalue weighted by molar-refractivity contribution is -0.164. The number of carbonyl (C=O) groups is 2. The monoisotopic (exact) mass is 187 g/mol. The molecule has 1 aliphatic rings. The molecule has 13 heavy (non-hydrogen) atoms. The zero-order chi connectivity index (χ0) is 9.84. The van der Waals surface area contributed by atoms with E-state index in [0.717, 1.165) is 6.42 Å². The van der Waals surface area contributed by atoms with Gasteiger partial charge in [0.05, 0.1) is 0 Å². The lowest BCUT2D eigenvalue weighted by atomic mass is 10.1. The SMILES string of the molecule is C[C@H](O)C(=O)OC1CCCNC1=O. The quantitative estimate of drug-likeness (QED) is 0.554. The topological polar surface area (TPSA) is 75.6 Å². The van der Waals surface area contributed by atoms with Crippen LogP contribution < -0.4 is 5.32 Å². The largest absolute Gasteiger partial charge is 0.450 e. The molecule has 0 aromatic carbocycles. The Morgan fingerprint density at radius 3 is 3.00 bits per heavy atom. The Morgan fingerprint density at radius 2 is 2.46 bits per heavy atom. The average molecular weight is 187 g/mol. The van der Waals surface area contributed by atoms with Crippen molar-refractivity contribution in [1.29, 1.82) is 0 Å². The van der Waals surface area contributed by atoms with Gasteiger partial charge in [-0.05, 0) is 19.8 Å². The van der Waals surface area contributed by atoms with Crippen LogP contribution in [-0.2, 0) is 14.3 Å². The van der Waals surface area contributed by atoms with Crippen LogP contribution in [0, 0.1) is 0 Å². The average Bonchev–Trinajstić information content (AvgIpc) is 2.08. The summed E-state index contributed by atoms with van der Waals surface area (Å²) < 4.78 is 4.76. The fraction of sp³-hybridized carbons (Fsp3) is 0.750. The molecule has 2 N–H and O–H groups in total. The van der Waals surface area contributed by atoms with Gasteiger partial charge in [0.25, 0.3) is 5.91 Å². The first-order valence-electron chi connectivity index (χ1n) is 4.27. The lowest BCUT2D eigenvalue weighted by Gasteiger charge is -2.22. The highest BCUT2D eigenvalue weighted by molar-refractivity contribution is 5.85. The minimum absolute atomic E-state index is 0.278. The predicted octanol–water partition coefficient (Wildman–Crippen LogP) is -0.811. The van der Waals surface area contributed by atoms with E-state index in [9.17, 15) is 9.59 Å². The highest BCUT2D eigenvalue weighted by Gasteiger charge is 2.26. The molecule has 1 amide bonds. The van der Waals surface area contributed by atoms with Crippen molar-refractivity contribution in [3.8, 4) is 0 Å².